The lowest BCUT2D eigenvalue weighted by molar-refractivity contribution is 0.289. The quantitative estimate of drug-likeness (QED) is 0.899. The highest BCUT2D eigenvalue weighted by Gasteiger charge is 2.27. The Labute approximate surface area is 112 Å². The number of hydrogen-bond donors (Lipinski definition) is 1. The lowest BCUT2D eigenvalue weighted by atomic mass is 9.92. The van der Waals surface area contributed by atoms with Crippen molar-refractivity contribution in [2.45, 2.75) is 39.3 Å². The van der Waals surface area contributed by atoms with Crippen LogP contribution < -0.4 is 5.32 Å². The van der Waals surface area contributed by atoms with Crippen molar-refractivity contribution in [3.8, 4) is 0 Å². The molecule has 2 unspecified atom stereocenters. The Bertz CT molecular complexity index is 590. The fourth-order valence-corrected chi connectivity index (χ4v) is 3.10. The van der Waals surface area contributed by atoms with Crippen molar-refractivity contribution in [3.63, 3.8) is 0 Å². The second kappa shape index (κ2) is 4.93. The van der Waals surface area contributed by atoms with Crippen LogP contribution in [0.25, 0.3) is 11.0 Å². The summed E-state index contributed by atoms with van der Waals surface area (Å²) in [4.78, 5) is 4.58. The molecule has 19 heavy (non-hydrogen) atoms. The van der Waals surface area contributed by atoms with Gasteiger partial charge in [-0.2, -0.15) is 0 Å². The number of hydrogen-bond acceptors (Lipinski definition) is 2. The van der Waals surface area contributed by atoms with Crippen LogP contribution in [0.1, 0.15) is 38.6 Å². The Morgan fingerprint density at radius 1 is 1.47 bits per heavy atom. The van der Waals surface area contributed by atoms with Gasteiger partial charge in [-0.25, -0.2) is 9.37 Å². The Balaban J connectivity index is 2.14. The van der Waals surface area contributed by atoms with Crippen molar-refractivity contribution in [2.24, 2.45) is 5.92 Å². The van der Waals surface area contributed by atoms with Gasteiger partial charge in [0.2, 0.25) is 0 Å². The number of piperidine rings is 1. The summed E-state index contributed by atoms with van der Waals surface area (Å²) < 4.78 is 16.0. The predicted molar refractivity (Wildman–Crippen MR) is 74.5 cm³/mol. The van der Waals surface area contributed by atoms with Crippen LogP contribution in [-0.2, 0) is 6.54 Å². The number of aromatic nitrogens is 2. The molecule has 0 bridgehead atoms. The maximum Gasteiger partial charge on any atom is 0.151 e. The molecule has 2 heterocycles. The molecule has 2 aromatic rings. The summed E-state index contributed by atoms with van der Waals surface area (Å²) in [6, 6.07) is 5.43. The topological polar surface area (TPSA) is 29.9 Å². The number of nitrogens with one attached hydrogen (secondary N) is 1. The number of aryl methyl sites for hydroxylation is 1. The zero-order valence-electron chi connectivity index (χ0n) is 11.5. The van der Waals surface area contributed by atoms with E-state index in [-0.39, 0.29) is 11.9 Å². The van der Waals surface area contributed by atoms with Crippen molar-refractivity contribution >= 4 is 11.0 Å². The second-order valence-corrected chi connectivity index (χ2v) is 5.37. The molecule has 0 radical (unpaired) electrons. The largest absolute Gasteiger partial charge is 0.327 e. The maximum absolute atomic E-state index is 13.9. The first-order valence-corrected chi connectivity index (χ1v) is 7.10. The minimum Gasteiger partial charge on any atom is -0.327 e. The van der Waals surface area contributed by atoms with Gasteiger partial charge in [-0.1, -0.05) is 13.0 Å². The van der Waals surface area contributed by atoms with Crippen molar-refractivity contribution in [2.75, 3.05) is 6.54 Å². The smallest absolute Gasteiger partial charge is 0.151 e. The predicted octanol–water partition coefficient (Wildman–Crippen LogP) is 3.26. The number of para-hydroxylation sites is 1. The van der Waals surface area contributed by atoms with Crippen LogP contribution in [0.4, 0.5) is 4.39 Å². The Kier molecular flexibility index (Phi) is 3.27. The van der Waals surface area contributed by atoms with E-state index in [2.05, 4.69) is 28.7 Å². The molecular formula is C15H20FN3. The highest BCUT2D eigenvalue weighted by molar-refractivity contribution is 5.76. The average Bonchev–Trinajstić information content (AvgIpc) is 2.79. The number of fused-ring (bicyclic) bond motifs is 1. The number of nitrogens with zero attached hydrogens (tertiary/aromatic N) is 2. The molecule has 0 amide bonds. The first-order chi connectivity index (χ1) is 9.22. The SMILES string of the molecule is CCn1c(C2NCCCC2C)nc2c(F)cccc21. The van der Waals surface area contributed by atoms with Gasteiger partial charge in [0.05, 0.1) is 11.6 Å². The van der Waals surface area contributed by atoms with E-state index in [1.54, 1.807) is 6.07 Å². The van der Waals surface area contributed by atoms with E-state index in [1.165, 1.54) is 18.9 Å². The van der Waals surface area contributed by atoms with Crippen LogP contribution >= 0.6 is 0 Å². The van der Waals surface area contributed by atoms with Gasteiger partial charge in [0.15, 0.2) is 5.82 Å². The molecule has 1 aromatic carbocycles. The molecule has 4 heteroatoms. The summed E-state index contributed by atoms with van der Waals surface area (Å²) >= 11 is 0. The molecule has 102 valence electrons. The Morgan fingerprint density at radius 3 is 3.05 bits per heavy atom. The molecule has 0 saturated carbocycles. The zero-order chi connectivity index (χ0) is 13.4. The summed E-state index contributed by atoms with van der Waals surface area (Å²) in [7, 11) is 0. The second-order valence-electron chi connectivity index (χ2n) is 5.37. The van der Waals surface area contributed by atoms with E-state index in [9.17, 15) is 4.39 Å². The molecule has 0 spiro atoms. The number of halogens is 1. The van der Waals surface area contributed by atoms with Crippen LogP contribution in [0, 0.1) is 11.7 Å². The first-order valence-electron chi connectivity index (χ1n) is 7.10. The van der Waals surface area contributed by atoms with Crippen molar-refractivity contribution < 1.29 is 4.39 Å². The van der Waals surface area contributed by atoms with Crippen LogP contribution in [0.15, 0.2) is 18.2 Å². The van der Waals surface area contributed by atoms with Crippen molar-refractivity contribution in [1.29, 1.82) is 0 Å². The summed E-state index contributed by atoms with van der Waals surface area (Å²) in [5.74, 6) is 1.29. The van der Waals surface area contributed by atoms with Gasteiger partial charge in [-0.3, -0.25) is 0 Å². The van der Waals surface area contributed by atoms with Gasteiger partial charge in [-0.05, 0) is 44.4 Å². The maximum atomic E-state index is 13.9. The Morgan fingerprint density at radius 2 is 2.32 bits per heavy atom. The molecule has 0 aliphatic carbocycles. The van der Waals surface area contributed by atoms with Crippen LogP contribution in [0.5, 0.6) is 0 Å². The lowest BCUT2D eigenvalue weighted by Gasteiger charge is -2.29. The summed E-state index contributed by atoms with van der Waals surface area (Å²) in [6.45, 7) is 6.17. The van der Waals surface area contributed by atoms with Crippen LogP contribution in [-0.4, -0.2) is 16.1 Å². The molecule has 1 aliphatic heterocycles. The normalized spacial score (nSPS) is 23.9. The van der Waals surface area contributed by atoms with Gasteiger partial charge in [0.1, 0.15) is 11.3 Å². The van der Waals surface area contributed by atoms with E-state index in [0.29, 0.717) is 11.4 Å². The van der Waals surface area contributed by atoms with Gasteiger partial charge in [-0.15, -0.1) is 0 Å². The van der Waals surface area contributed by atoms with Gasteiger partial charge in [0, 0.05) is 6.54 Å². The molecule has 1 saturated heterocycles. The third-order valence-corrected chi connectivity index (χ3v) is 4.12. The standard InChI is InChI=1S/C15H20FN3/c1-3-19-12-8-4-7-11(16)14(12)18-15(19)13-10(2)6-5-9-17-13/h4,7-8,10,13,17H,3,5-6,9H2,1-2H3. The van der Waals surface area contributed by atoms with E-state index < -0.39 is 0 Å². The van der Waals surface area contributed by atoms with Crippen molar-refractivity contribution in [3.05, 3.63) is 29.8 Å². The van der Waals surface area contributed by atoms with E-state index in [0.717, 1.165) is 24.4 Å². The van der Waals surface area contributed by atoms with E-state index in [4.69, 9.17) is 0 Å². The fourth-order valence-electron chi connectivity index (χ4n) is 3.10. The van der Waals surface area contributed by atoms with Crippen LogP contribution in [0.3, 0.4) is 0 Å². The first kappa shape index (κ1) is 12.6. The summed E-state index contributed by atoms with van der Waals surface area (Å²) in [5, 5.41) is 3.53. The molecule has 1 N–H and O–H groups in total. The van der Waals surface area contributed by atoms with Gasteiger partial charge in [0.25, 0.3) is 0 Å². The third-order valence-electron chi connectivity index (χ3n) is 4.12. The zero-order valence-corrected chi connectivity index (χ0v) is 11.5. The van der Waals surface area contributed by atoms with E-state index in [1.807, 2.05) is 6.07 Å². The highest BCUT2D eigenvalue weighted by atomic mass is 19.1. The Hall–Kier alpha value is -1.42. The molecule has 3 rings (SSSR count). The fraction of sp³-hybridized carbons (Fsp3) is 0.533. The highest BCUT2D eigenvalue weighted by Crippen LogP contribution is 2.31. The molecular weight excluding hydrogens is 241 g/mol. The molecule has 1 aromatic heterocycles. The van der Waals surface area contributed by atoms with Crippen molar-refractivity contribution in [1.82, 2.24) is 14.9 Å². The lowest BCUT2D eigenvalue weighted by Crippen LogP contribution is -2.34. The van der Waals surface area contributed by atoms with Crippen LogP contribution in [0.2, 0.25) is 0 Å². The molecule has 1 aliphatic rings. The van der Waals surface area contributed by atoms with Gasteiger partial charge >= 0.3 is 0 Å². The molecule has 1 fully saturated rings. The number of imidazole rings is 1. The number of rotatable bonds is 2. The molecule has 3 nitrogen and oxygen atoms in total. The third kappa shape index (κ3) is 2.04. The monoisotopic (exact) mass is 261 g/mol. The average molecular weight is 261 g/mol. The minimum atomic E-state index is -0.227. The van der Waals surface area contributed by atoms with Gasteiger partial charge < -0.3 is 9.88 Å². The summed E-state index contributed by atoms with van der Waals surface area (Å²) in [5.41, 5.74) is 1.40. The van der Waals surface area contributed by atoms with E-state index >= 15 is 0 Å². The number of benzene rings is 1. The molecule has 2 atom stereocenters. The minimum absolute atomic E-state index is 0.227. The summed E-state index contributed by atoms with van der Waals surface area (Å²) in [6.07, 6.45) is 2.41.